The van der Waals surface area contributed by atoms with Crippen LogP contribution in [0.2, 0.25) is 0 Å². The fourth-order valence-electron chi connectivity index (χ4n) is 7.44. The Morgan fingerprint density at radius 3 is 0.921 bits per heavy atom. The van der Waals surface area contributed by atoms with Gasteiger partial charge < -0.3 is 4.55 Å². The van der Waals surface area contributed by atoms with Crippen molar-refractivity contribution in [2.24, 2.45) is 0 Å². The van der Waals surface area contributed by atoms with Crippen LogP contribution in [-0.2, 0) is 29.6 Å². The third kappa shape index (κ3) is 11.9. The van der Waals surface area contributed by atoms with Crippen LogP contribution in [0.1, 0.15) is 25.7 Å². The van der Waals surface area contributed by atoms with Gasteiger partial charge in [-0.2, -0.15) is 13.2 Å². The second-order valence-corrected chi connectivity index (χ2v) is 20.1. The molecule has 9 rings (SSSR count). The first kappa shape index (κ1) is 47.4. The summed E-state index contributed by atoms with van der Waals surface area (Å²) in [7, 11) is -7.79. The Morgan fingerprint density at radius 1 is 0.397 bits per heavy atom. The zero-order chi connectivity index (χ0) is 43.4. The van der Waals surface area contributed by atoms with Gasteiger partial charge in [0.2, 0.25) is 0 Å². The van der Waals surface area contributed by atoms with Crippen LogP contribution in [0.25, 0.3) is 32.7 Å². The van der Waals surface area contributed by atoms with Gasteiger partial charge in [-0.3, -0.25) is 0 Å². The van der Waals surface area contributed by atoms with Crippen LogP contribution >= 0.6 is 15.8 Å². The molecule has 0 aromatic heterocycles. The molecule has 0 spiro atoms. The van der Waals surface area contributed by atoms with Crippen molar-refractivity contribution in [3.63, 3.8) is 0 Å². The van der Waals surface area contributed by atoms with Gasteiger partial charge in [0, 0.05) is 19.5 Å². The van der Waals surface area contributed by atoms with E-state index in [9.17, 15) is 13.2 Å². The van der Waals surface area contributed by atoms with Gasteiger partial charge in [0.15, 0.2) is 10.1 Å². The normalized spacial score (nSPS) is 12.7. The van der Waals surface area contributed by atoms with Crippen LogP contribution in [0.5, 0.6) is 0 Å². The largest absolute Gasteiger partial charge is 0.741 e. The third-order valence-electron chi connectivity index (χ3n) is 10.2. The van der Waals surface area contributed by atoms with Gasteiger partial charge >= 0.3 is 5.51 Å². The second kappa shape index (κ2) is 22.5. The number of allylic oxidation sites excluding steroid dienone is 4. The molecule has 0 fully saturated rings. The maximum absolute atomic E-state index is 10.7. The van der Waals surface area contributed by atoms with Gasteiger partial charge in [0.25, 0.3) is 0 Å². The standard InChI is InChI=1S/C44H32P2.C8H12.CHF3O3S.Rh/c1-5-19-35(20-6-1)45(36-21-7-2-8-22-36)41-31-29-33-17-13-15-27-39(33)43(41)44-40-28-16-14-18-34(40)30-32-42(44)46(37-23-9-3-10-24-37)38-25-11-4-12-26-38;1-2-4-6-8-7-5-3-1;2-1(3,4)8(5,6)7;/h1-32H;1-2,7-8H,3-6H2;(H,5,6,7);/p-1. The molecule has 10 heteroatoms. The van der Waals surface area contributed by atoms with E-state index >= 15 is 0 Å². The Balaban J connectivity index is 0.000000329. The third-order valence-corrected chi connectivity index (χ3v) is 15.8. The number of benzene rings is 8. The summed E-state index contributed by atoms with van der Waals surface area (Å²) in [6, 6.07) is 71.8. The Bertz CT molecular complexity index is 2610. The maximum atomic E-state index is 10.7. The summed E-state index contributed by atoms with van der Waals surface area (Å²) in [5.41, 5.74) is -2.95. The summed E-state index contributed by atoms with van der Waals surface area (Å²) in [5.74, 6) is 0. The molecule has 0 bridgehead atoms. The summed E-state index contributed by atoms with van der Waals surface area (Å²) in [4.78, 5) is 0. The van der Waals surface area contributed by atoms with Gasteiger partial charge in [-0.25, -0.2) is 8.42 Å². The van der Waals surface area contributed by atoms with Crippen molar-refractivity contribution >= 4 is 79.3 Å². The minimum absolute atomic E-state index is 0. The predicted octanol–water partition coefficient (Wildman–Crippen LogP) is 11.9. The van der Waals surface area contributed by atoms with Crippen LogP contribution in [0, 0.1) is 0 Å². The van der Waals surface area contributed by atoms with Crippen molar-refractivity contribution in [2.75, 3.05) is 0 Å². The zero-order valence-electron chi connectivity index (χ0n) is 34.1. The van der Waals surface area contributed by atoms with E-state index in [1.54, 1.807) is 0 Å². The van der Waals surface area contributed by atoms with Gasteiger partial charge in [0.1, 0.15) is 0 Å². The van der Waals surface area contributed by atoms with Crippen LogP contribution in [0.3, 0.4) is 0 Å². The summed E-state index contributed by atoms with van der Waals surface area (Å²) < 4.78 is 58.9. The summed E-state index contributed by atoms with van der Waals surface area (Å²) >= 11 is 0. The monoisotopic (exact) mass is 982 g/mol. The van der Waals surface area contributed by atoms with Crippen LogP contribution < -0.4 is 31.8 Å². The molecule has 8 aromatic rings. The number of fused-ring (bicyclic) bond motifs is 2. The number of rotatable bonds is 7. The Labute approximate surface area is 383 Å². The summed E-state index contributed by atoms with van der Waals surface area (Å²) in [6.45, 7) is 0. The van der Waals surface area contributed by atoms with E-state index in [2.05, 4.69) is 218 Å². The Kier molecular flexibility index (Phi) is 17.0. The molecule has 0 saturated heterocycles. The van der Waals surface area contributed by atoms with Crippen molar-refractivity contribution in [3.8, 4) is 11.1 Å². The fraction of sp³-hybridized carbons (Fsp3) is 0.0943. The van der Waals surface area contributed by atoms with Crippen LogP contribution in [0.15, 0.2) is 218 Å². The zero-order valence-corrected chi connectivity index (χ0v) is 38.4. The number of hydrogen-bond donors (Lipinski definition) is 0. The molecule has 1 radical (unpaired) electrons. The molecular formula is C53H44F3O3P2RhS-. The molecule has 8 aromatic carbocycles. The average Bonchev–Trinajstić information content (AvgIpc) is 3.28. The van der Waals surface area contributed by atoms with Gasteiger partial charge in [0.05, 0.1) is 0 Å². The quantitative estimate of drug-likeness (QED) is 0.0526. The fourth-order valence-corrected chi connectivity index (χ4v) is 12.4. The van der Waals surface area contributed by atoms with Crippen molar-refractivity contribution in [3.05, 3.63) is 218 Å². The van der Waals surface area contributed by atoms with Crippen LogP contribution in [0.4, 0.5) is 13.2 Å². The van der Waals surface area contributed by atoms with E-state index < -0.39 is 31.5 Å². The molecule has 63 heavy (non-hydrogen) atoms. The number of hydrogen-bond acceptors (Lipinski definition) is 3. The maximum Gasteiger partial charge on any atom is 0.485 e. The average molecular weight is 983 g/mol. The molecule has 0 heterocycles. The molecule has 3 nitrogen and oxygen atoms in total. The molecule has 1 aliphatic carbocycles. The Hall–Kier alpha value is -5.06. The SMILES string of the molecule is C1=CCCC=CCC1.O=S(=O)([O-])C(F)(F)F.[Rh].c1ccc(P(c2ccccc2)c2ccc3ccccc3c2-c2c(P(c3ccccc3)c3ccccc3)ccc3ccccc23)cc1. The number of alkyl halides is 3. The van der Waals surface area contributed by atoms with Crippen molar-refractivity contribution in [1.29, 1.82) is 0 Å². The minimum Gasteiger partial charge on any atom is -0.741 e. The molecule has 0 amide bonds. The van der Waals surface area contributed by atoms with E-state index in [0.717, 1.165) is 0 Å². The summed E-state index contributed by atoms with van der Waals surface area (Å²) in [5, 5.41) is 13.3. The van der Waals surface area contributed by atoms with E-state index in [1.165, 1.54) is 90.2 Å². The first-order valence-electron chi connectivity index (χ1n) is 20.3. The first-order valence-corrected chi connectivity index (χ1v) is 24.4. The summed E-state index contributed by atoms with van der Waals surface area (Å²) in [6.07, 6.45) is 14.0. The number of halogens is 3. The van der Waals surface area contributed by atoms with E-state index in [1.807, 2.05) is 0 Å². The molecule has 0 saturated carbocycles. The molecule has 321 valence electrons. The molecule has 0 aliphatic heterocycles. The van der Waals surface area contributed by atoms with E-state index in [-0.39, 0.29) is 19.5 Å². The second-order valence-electron chi connectivity index (χ2n) is 14.4. The molecule has 0 atom stereocenters. The Morgan fingerprint density at radius 2 is 0.651 bits per heavy atom. The topological polar surface area (TPSA) is 57.2 Å². The molecular weight excluding hydrogens is 938 g/mol. The first-order chi connectivity index (χ1) is 30.1. The van der Waals surface area contributed by atoms with Gasteiger partial charge in [-0.1, -0.05) is 218 Å². The molecule has 0 unspecified atom stereocenters. The van der Waals surface area contributed by atoms with E-state index in [0.29, 0.717) is 0 Å². The van der Waals surface area contributed by atoms with Crippen molar-refractivity contribution in [2.45, 2.75) is 31.2 Å². The molecule has 0 N–H and O–H groups in total. The van der Waals surface area contributed by atoms with Gasteiger partial charge in [-0.15, -0.1) is 0 Å². The van der Waals surface area contributed by atoms with Crippen LogP contribution in [-0.4, -0.2) is 18.5 Å². The van der Waals surface area contributed by atoms with Crippen molar-refractivity contribution < 1.29 is 45.6 Å². The molecule has 1 aliphatic rings. The predicted molar refractivity (Wildman–Crippen MR) is 257 cm³/mol. The van der Waals surface area contributed by atoms with Crippen molar-refractivity contribution in [1.82, 2.24) is 0 Å². The smallest absolute Gasteiger partial charge is 0.485 e. The van der Waals surface area contributed by atoms with Gasteiger partial charge in [-0.05, 0) is 106 Å². The minimum atomic E-state index is -6.09. The van der Waals surface area contributed by atoms with E-state index in [4.69, 9.17) is 13.0 Å².